The minimum Gasteiger partial charge on any atom is -0.381 e. The monoisotopic (exact) mass is 278 g/mol. The van der Waals surface area contributed by atoms with Gasteiger partial charge >= 0.3 is 0 Å². The third kappa shape index (κ3) is 2.37. The molecular weight excluding hydrogens is 252 g/mol. The molecule has 4 nitrogen and oxygen atoms in total. The molecule has 1 N–H and O–H groups in total. The van der Waals surface area contributed by atoms with Crippen LogP contribution in [-0.2, 0) is 9.53 Å². The lowest BCUT2D eigenvalue weighted by atomic mass is 9.93. The van der Waals surface area contributed by atoms with Crippen LogP contribution in [0, 0.1) is 11.3 Å². The molecule has 2 saturated heterocycles. The number of nitrogens with one attached hydrogen (secondary N) is 1. The summed E-state index contributed by atoms with van der Waals surface area (Å²) in [6.45, 7) is 3.80. The third-order valence-corrected chi connectivity index (χ3v) is 5.83. The van der Waals surface area contributed by atoms with Crippen molar-refractivity contribution in [1.29, 1.82) is 0 Å². The molecule has 0 aromatic carbocycles. The number of carbonyl (C=O) groups excluding carboxylic acids is 1. The van der Waals surface area contributed by atoms with Crippen LogP contribution in [0.2, 0.25) is 0 Å². The summed E-state index contributed by atoms with van der Waals surface area (Å²) in [7, 11) is 0. The Kier molecular flexibility index (Phi) is 3.26. The average molecular weight is 278 g/mol. The van der Waals surface area contributed by atoms with Gasteiger partial charge in [0.05, 0.1) is 0 Å². The van der Waals surface area contributed by atoms with Crippen LogP contribution in [-0.4, -0.2) is 49.2 Å². The highest BCUT2D eigenvalue weighted by atomic mass is 16.5. The molecule has 2 saturated carbocycles. The summed E-state index contributed by atoms with van der Waals surface area (Å²) in [6.07, 6.45) is 8.27. The van der Waals surface area contributed by atoms with Crippen molar-refractivity contribution in [3.63, 3.8) is 0 Å². The highest BCUT2D eigenvalue weighted by Gasteiger charge is 2.59. The van der Waals surface area contributed by atoms with E-state index >= 15 is 0 Å². The Morgan fingerprint density at radius 1 is 1.25 bits per heavy atom. The molecule has 1 spiro atoms. The maximum atomic E-state index is 12.9. The van der Waals surface area contributed by atoms with Crippen molar-refractivity contribution < 1.29 is 9.53 Å². The molecule has 0 unspecified atom stereocenters. The lowest BCUT2D eigenvalue weighted by Crippen LogP contribution is -2.44. The van der Waals surface area contributed by atoms with Gasteiger partial charge in [-0.05, 0) is 56.9 Å². The minimum absolute atomic E-state index is 0.313. The second-order valence-electron chi connectivity index (χ2n) is 7.25. The van der Waals surface area contributed by atoms with Crippen LogP contribution in [0.1, 0.15) is 44.9 Å². The van der Waals surface area contributed by atoms with Gasteiger partial charge in [-0.25, -0.2) is 0 Å². The van der Waals surface area contributed by atoms with Crippen molar-refractivity contribution in [3.8, 4) is 0 Å². The Morgan fingerprint density at radius 2 is 2.05 bits per heavy atom. The van der Waals surface area contributed by atoms with E-state index in [1.807, 2.05) is 0 Å². The van der Waals surface area contributed by atoms with Crippen molar-refractivity contribution in [2.24, 2.45) is 11.3 Å². The summed E-state index contributed by atoms with van der Waals surface area (Å²) in [5.74, 6) is 0.775. The fourth-order valence-electron chi connectivity index (χ4n) is 4.18. The average Bonchev–Trinajstić information content (AvgIpc) is 3.37. The van der Waals surface area contributed by atoms with Gasteiger partial charge in [-0.3, -0.25) is 4.79 Å². The van der Waals surface area contributed by atoms with Crippen LogP contribution in [0.25, 0.3) is 0 Å². The molecule has 0 radical (unpaired) electrons. The first kappa shape index (κ1) is 13.1. The number of carbonyl (C=O) groups is 1. The molecule has 1 amide bonds. The van der Waals surface area contributed by atoms with Gasteiger partial charge in [0.25, 0.3) is 0 Å². The van der Waals surface area contributed by atoms with Crippen molar-refractivity contribution >= 4 is 5.91 Å². The molecular formula is C16H26N2O2. The Hall–Kier alpha value is -0.610. The number of amides is 1. The normalized spacial score (nSPS) is 35.2. The molecule has 0 bridgehead atoms. The summed E-state index contributed by atoms with van der Waals surface area (Å²) < 4.78 is 5.47. The predicted octanol–water partition coefficient (Wildman–Crippen LogP) is 1.55. The number of rotatable bonds is 4. The van der Waals surface area contributed by atoms with E-state index in [2.05, 4.69) is 10.2 Å². The van der Waals surface area contributed by atoms with E-state index in [1.54, 1.807) is 0 Å². The number of ether oxygens (including phenoxy) is 1. The Labute approximate surface area is 121 Å². The van der Waals surface area contributed by atoms with E-state index in [0.717, 1.165) is 45.6 Å². The molecule has 2 heterocycles. The molecule has 4 heteroatoms. The van der Waals surface area contributed by atoms with Gasteiger partial charge in [0.1, 0.15) is 0 Å². The minimum atomic E-state index is 0.313. The largest absolute Gasteiger partial charge is 0.381 e. The molecule has 20 heavy (non-hydrogen) atoms. The molecule has 2 atom stereocenters. The highest BCUT2D eigenvalue weighted by Crippen LogP contribution is 2.60. The zero-order chi connectivity index (χ0) is 13.6. The molecule has 2 aliphatic heterocycles. The second kappa shape index (κ2) is 4.99. The van der Waals surface area contributed by atoms with Gasteiger partial charge in [0, 0.05) is 37.8 Å². The van der Waals surface area contributed by atoms with Crippen LogP contribution in [0.5, 0.6) is 0 Å². The van der Waals surface area contributed by atoms with Crippen LogP contribution >= 0.6 is 0 Å². The summed E-state index contributed by atoms with van der Waals surface area (Å²) in [6, 6.07) is 1.10. The summed E-state index contributed by atoms with van der Waals surface area (Å²) >= 11 is 0. The quantitative estimate of drug-likeness (QED) is 0.848. The van der Waals surface area contributed by atoms with Gasteiger partial charge in [-0.15, -0.1) is 0 Å². The lowest BCUT2D eigenvalue weighted by Gasteiger charge is -2.28. The zero-order valence-electron chi connectivity index (χ0n) is 12.3. The molecule has 4 rings (SSSR count). The van der Waals surface area contributed by atoms with Crippen LogP contribution in [0.15, 0.2) is 0 Å². The van der Waals surface area contributed by atoms with E-state index in [4.69, 9.17) is 4.74 Å². The van der Waals surface area contributed by atoms with Gasteiger partial charge in [0.15, 0.2) is 0 Å². The number of nitrogens with zero attached hydrogens (tertiary/aromatic N) is 1. The molecule has 4 fully saturated rings. The molecule has 112 valence electrons. The van der Waals surface area contributed by atoms with Crippen molar-refractivity contribution in [2.75, 3.05) is 26.3 Å². The van der Waals surface area contributed by atoms with E-state index in [-0.39, 0.29) is 0 Å². The summed E-state index contributed by atoms with van der Waals surface area (Å²) in [5, 5.41) is 3.54. The number of hydrogen-bond acceptors (Lipinski definition) is 3. The molecule has 0 aromatic heterocycles. The topological polar surface area (TPSA) is 41.6 Å². The van der Waals surface area contributed by atoms with E-state index < -0.39 is 0 Å². The summed E-state index contributed by atoms with van der Waals surface area (Å²) in [4.78, 5) is 15.1. The Bertz CT molecular complexity index is 382. The fourth-order valence-corrected chi connectivity index (χ4v) is 4.18. The first-order valence-corrected chi connectivity index (χ1v) is 8.40. The first-order chi connectivity index (χ1) is 9.78. The van der Waals surface area contributed by atoms with Crippen molar-refractivity contribution in [2.45, 2.75) is 57.0 Å². The van der Waals surface area contributed by atoms with Gasteiger partial charge in [-0.1, -0.05) is 0 Å². The predicted molar refractivity (Wildman–Crippen MR) is 76.4 cm³/mol. The third-order valence-electron chi connectivity index (χ3n) is 5.83. The highest BCUT2D eigenvalue weighted by molar-refractivity contribution is 5.83. The van der Waals surface area contributed by atoms with Crippen LogP contribution in [0.3, 0.4) is 0 Å². The molecule has 4 aliphatic rings. The SMILES string of the molecule is O=C([C@H]1CC12CCOCC2)N(C[C@@H]1CCCN1)C1CC1. The van der Waals surface area contributed by atoms with E-state index in [9.17, 15) is 4.79 Å². The zero-order valence-corrected chi connectivity index (χ0v) is 12.3. The Morgan fingerprint density at radius 3 is 2.70 bits per heavy atom. The smallest absolute Gasteiger partial charge is 0.226 e. The second-order valence-corrected chi connectivity index (χ2v) is 7.25. The van der Waals surface area contributed by atoms with Crippen molar-refractivity contribution in [1.82, 2.24) is 10.2 Å². The van der Waals surface area contributed by atoms with E-state index in [0.29, 0.717) is 29.3 Å². The number of hydrogen-bond donors (Lipinski definition) is 1. The lowest BCUT2D eigenvalue weighted by molar-refractivity contribution is -0.135. The fraction of sp³-hybridized carbons (Fsp3) is 0.938. The van der Waals surface area contributed by atoms with Crippen LogP contribution in [0.4, 0.5) is 0 Å². The van der Waals surface area contributed by atoms with E-state index in [1.165, 1.54) is 25.7 Å². The molecule has 0 aromatic rings. The van der Waals surface area contributed by atoms with Crippen molar-refractivity contribution in [3.05, 3.63) is 0 Å². The molecule has 2 aliphatic carbocycles. The van der Waals surface area contributed by atoms with Crippen LogP contribution < -0.4 is 5.32 Å². The van der Waals surface area contributed by atoms with Gasteiger partial charge < -0.3 is 15.0 Å². The standard InChI is InChI=1S/C16H26N2O2/c19-15(14-10-16(14)5-8-20-9-6-16)18(13-3-4-13)11-12-2-1-7-17-12/h12-14,17H,1-11H2/t12-,14+/m0/s1. The maximum Gasteiger partial charge on any atom is 0.226 e. The summed E-state index contributed by atoms with van der Waals surface area (Å²) in [5.41, 5.74) is 0.325. The Balaban J connectivity index is 1.40. The van der Waals surface area contributed by atoms with Gasteiger partial charge in [0.2, 0.25) is 5.91 Å². The first-order valence-electron chi connectivity index (χ1n) is 8.40. The van der Waals surface area contributed by atoms with Gasteiger partial charge in [-0.2, -0.15) is 0 Å². The maximum absolute atomic E-state index is 12.9.